The van der Waals surface area contributed by atoms with Crippen molar-refractivity contribution < 1.29 is 0 Å². The van der Waals surface area contributed by atoms with Crippen LogP contribution in [0.3, 0.4) is 0 Å². The Balaban J connectivity index is 2.29. The third-order valence-electron chi connectivity index (χ3n) is 5.01. The molecule has 0 amide bonds. The molecular weight excluding hydrogens is 276 g/mol. The molecule has 23 heavy (non-hydrogen) atoms. The molecule has 1 aromatic carbocycles. The molecule has 0 nitrogen and oxygen atoms in total. The molecule has 1 rings (SSSR count). The fourth-order valence-electron chi connectivity index (χ4n) is 3.49. The summed E-state index contributed by atoms with van der Waals surface area (Å²) in [6.45, 7) is 6.97. The molecule has 0 saturated heterocycles. The van der Waals surface area contributed by atoms with Gasteiger partial charge in [-0.1, -0.05) is 115 Å². The van der Waals surface area contributed by atoms with E-state index >= 15 is 0 Å². The van der Waals surface area contributed by atoms with Crippen LogP contribution in [0, 0.1) is 5.92 Å². The quantitative estimate of drug-likeness (QED) is 0.304. The van der Waals surface area contributed by atoms with E-state index in [4.69, 9.17) is 0 Å². The largest absolute Gasteiger partial charge is 0.0654 e. The smallest absolute Gasteiger partial charge is 0.0162 e. The molecule has 0 N–H and O–H groups in total. The van der Waals surface area contributed by atoms with E-state index in [2.05, 4.69) is 51.1 Å². The van der Waals surface area contributed by atoms with Gasteiger partial charge in [-0.2, -0.15) is 0 Å². The number of unbranched alkanes of at least 4 members (excludes halogenated alkanes) is 7. The van der Waals surface area contributed by atoms with Crippen molar-refractivity contribution in [2.45, 2.75) is 104 Å². The van der Waals surface area contributed by atoms with Crippen LogP contribution in [0.25, 0.3) is 0 Å². The summed E-state index contributed by atoms with van der Waals surface area (Å²) in [5.74, 6) is 1.66. The van der Waals surface area contributed by atoms with Gasteiger partial charge >= 0.3 is 0 Å². The van der Waals surface area contributed by atoms with Crippen LogP contribution < -0.4 is 0 Å². The van der Waals surface area contributed by atoms with Crippen molar-refractivity contribution in [2.75, 3.05) is 0 Å². The Kier molecular flexibility index (Phi) is 12.0. The van der Waals surface area contributed by atoms with E-state index in [-0.39, 0.29) is 0 Å². The zero-order valence-corrected chi connectivity index (χ0v) is 16.0. The number of rotatable bonds is 14. The minimum Gasteiger partial charge on any atom is -0.0654 e. The maximum atomic E-state index is 2.34. The van der Waals surface area contributed by atoms with Crippen molar-refractivity contribution in [2.24, 2.45) is 5.92 Å². The van der Waals surface area contributed by atoms with Gasteiger partial charge in [-0.15, -0.1) is 0 Å². The van der Waals surface area contributed by atoms with Crippen LogP contribution in [-0.2, 0) is 0 Å². The SMILES string of the molecule is CCCCCCCCC(CCCCCC(C)C)c1ccccc1. The van der Waals surface area contributed by atoms with E-state index in [0.29, 0.717) is 0 Å². The van der Waals surface area contributed by atoms with E-state index < -0.39 is 0 Å². The number of hydrogen-bond donors (Lipinski definition) is 0. The maximum Gasteiger partial charge on any atom is -0.0162 e. The topological polar surface area (TPSA) is 0 Å². The van der Waals surface area contributed by atoms with Gasteiger partial charge in [-0.3, -0.25) is 0 Å². The molecule has 0 aromatic heterocycles. The lowest BCUT2D eigenvalue weighted by atomic mass is 9.88. The Morgan fingerprint density at radius 1 is 0.652 bits per heavy atom. The molecule has 0 spiro atoms. The average molecular weight is 317 g/mol. The van der Waals surface area contributed by atoms with Crippen molar-refractivity contribution in [3.8, 4) is 0 Å². The highest BCUT2D eigenvalue weighted by molar-refractivity contribution is 5.19. The fraction of sp³-hybridized carbons (Fsp3) is 0.739. The summed E-state index contributed by atoms with van der Waals surface area (Å²) in [6.07, 6.45) is 16.9. The Morgan fingerprint density at radius 2 is 1.17 bits per heavy atom. The molecular formula is C23H40. The monoisotopic (exact) mass is 316 g/mol. The zero-order valence-electron chi connectivity index (χ0n) is 16.0. The van der Waals surface area contributed by atoms with E-state index in [9.17, 15) is 0 Å². The first-order valence-corrected chi connectivity index (χ1v) is 10.3. The Morgan fingerprint density at radius 3 is 1.78 bits per heavy atom. The highest BCUT2D eigenvalue weighted by Gasteiger charge is 2.10. The van der Waals surface area contributed by atoms with Gasteiger partial charge in [-0.05, 0) is 30.2 Å². The summed E-state index contributed by atoms with van der Waals surface area (Å²) in [6, 6.07) is 11.3. The molecule has 0 saturated carbocycles. The second kappa shape index (κ2) is 13.6. The molecule has 1 atom stereocenters. The fourth-order valence-corrected chi connectivity index (χ4v) is 3.49. The van der Waals surface area contributed by atoms with Gasteiger partial charge in [0.2, 0.25) is 0 Å². The van der Waals surface area contributed by atoms with Gasteiger partial charge in [-0.25, -0.2) is 0 Å². The maximum absolute atomic E-state index is 2.34. The molecule has 0 heterocycles. The van der Waals surface area contributed by atoms with Crippen molar-refractivity contribution >= 4 is 0 Å². The summed E-state index contributed by atoms with van der Waals surface area (Å²) >= 11 is 0. The zero-order chi connectivity index (χ0) is 16.8. The second-order valence-electron chi connectivity index (χ2n) is 7.70. The van der Waals surface area contributed by atoms with Crippen LogP contribution in [-0.4, -0.2) is 0 Å². The van der Waals surface area contributed by atoms with E-state index in [1.165, 1.54) is 77.0 Å². The molecule has 0 heteroatoms. The molecule has 0 fully saturated rings. The molecule has 0 radical (unpaired) electrons. The van der Waals surface area contributed by atoms with E-state index in [1.807, 2.05) is 0 Å². The standard InChI is InChI=1S/C23H40/c1-4-5-6-7-8-12-17-22(23-19-14-10-15-20-23)18-13-9-11-16-21(2)3/h10,14-15,19-22H,4-9,11-13,16-18H2,1-3H3. The lowest BCUT2D eigenvalue weighted by molar-refractivity contribution is 0.472. The predicted octanol–water partition coefficient (Wildman–Crippen LogP) is 8.13. The lowest BCUT2D eigenvalue weighted by Crippen LogP contribution is -2.00. The van der Waals surface area contributed by atoms with Crippen LogP contribution >= 0.6 is 0 Å². The number of hydrogen-bond acceptors (Lipinski definition) is 0. The molecule has 0 aliphatic rings. The summed E-state index contributed by atoms with van der Waals surface area (Å²) < 4.78 is 0. The Bertz CT molecular complexity index is 352. The third-order valence-corrected chi connectivity index (χ3v) is 5.01. The predicted molar refractivity (Wildman–Crippen MR) is 105 cm³/mol. The minimum absolute atomic E-state index is 0.793. The summed E-state index contributed by atoms with van der Waals surface area (Å²) in [5, 5.41) is 0. The molecule has 1 aromatic rings. The first kappa shape index (κ1) is 20.3. The molecule has 132 valence electrons. The van der Waals surface area contributed by atoms with Crippen LogP contribution in [0.4, 0.5) is 0 Å². The first-order valence-electron chi connectivity index (χ1n) is 10.3. The summed E-state index contributed by atoms with van der Waals surface area (Å²) in [4.78, 5) is 0. The van der Waals surface area contributed by atoms with E-state index in [1.54, 1.807) is 5.56 Å². The van der Waals surface area contributed by atoms with Crippen LogP contribution in [0.2, 0.25) is 0 Å². The molecule has 1 unspecified atom stereocenters. The molecule has 0 bridgehead atoms. The number of benzene rings is 1. The van der Waals surface area contributed by atoms with Gasteiger partial charge in [0.05, 0.1) is 0 Å². The third kappa shape index (κ3) is 10.6. The van der Waals surface area contributed by atoms with Gasteiger partial charge in [0.1, 0.15) is 0 Å². The van der Waals surface area contributed by atoms with Crippen LogP contribution in [0.1, 0.15) is 109 Å². The van der Waals surface area contributed by atoms with Crippen molar-refractivity contribution in [1.82, 2.24) is 0 Å². The van der Waals surface area contributed by atoms with Crippen LogP contribution in [0.15, 0.2) is 30.3 Å². The highest BCUT2D eigenvalue weighted by Crippen LogP contribution is 2.28. The van der Waals surface area contributed by atoms with Crippen molar-refractivity contribution in [1.29, 1.82) is 0 Å². The van der Waals surface area contributed by atoms with E-state index in [0.717, 1.165) is 11.8 Å². The first-order chi connectivity index (χ1) is 11.2. The van der Waals surface area contributed by atoms with Gasteiger partial charge in [0.15, 0.2) is 0 Å². The minimum atomic E-state index is 0.793. The highest BCUT2D eigenvalue weighted by atomic mass is 14.2. The summed E-state index contributed by atoms with van der Waals surface area (Å²) in [7, 11) is 0. The summed E-state index contributed by atoms with van der Waals surface area (Å²) in [5.41, 5.74) is 1.57. The Labute approximate surface area is 146 Å². The molecule has 0 aliphatic heterocycles. The Hall–Kier alpha value is -0.780. The van der Waals surface area contributed by atoms with Gasteiger partial charge in [0, 0.05) is 0 Å². The van der Waals surface area contributed by atoms with Gasteiger partial charge < -0.3 is 0 Å². The van der Waals surface area contributed by atoms with Crippen LogP contribution in [0.5, 0.6) is 0 Å². The van der Waals surface area contributed by atoms with Crippen molar-refractivity contribution in [3.05, 3.63) is 35.9 Å². The van der Waals surface area contributed by atoms with Gasteiger partial charge in [0.25, 0.3) is 0 Å². The average Bonchev–Trinajstić information content (AvgIpc) is 2.56. The normalized spacial score (nSPS) is 12.7. The molecule has 0 aliphatic carbocycles. The lowest BCUT2D eigenvalue weighted by Gasteiger charge is -2.17. The van der Waals surface area contributed by atoms with Crippen molar-refractivity contribution in [3.63, 3.8) is 0 Å². The second-order valence-corrected chi connectivity index (χ2v) is 7.70.